The predicted molar refractivity (Wildman–Crippen MR) is 87.0 cm³/mol. The van der Waals surface area contributed by atoms with Crippen molar-refractivity contribution in [3.63, 3.8) is 0 Å². The minimum absolute atomic E-state index is 0.248. The van der Waals surface area contributed by atoms with Gasteiger partial charge in [-0.05, 0) is 49.3 Å². The van der Waals surface area contributed by atoms with E-state index in [2.05, 4.69) is 5.16 Å². The molecule has 0 radical (unpaired) electrons. The molecule has 0 amide bonds. The van der Waals surface area contributed by atoms with E-state index in [9.17, 15) is 9.59 Å². The minimum atomic E-state index is -0.932. The van der Waals surface area contributed by atoms with E-state index in [1.54, 1.807) is 26.0 Å². The first kappa shape index (κ1) is 17.0. The fourth-order valence-corrected chi connectivity index (χ4v) is 2.64. The third-order valence-corrected chi connectivity index (χ3v) is 4.68. The Bertz CT molecular complexity index is 680. The van der Waals surface area contributed by atoms with Gasteiger partial charge in [0.2, 0.25) is 0 Å². The van der Waals surface area contributed by atoms with Crippen molar-refractivity contribution in [2.75, 3.05) is 0 Å². The largest absolute Gasteiger partial charge is 0.365 e. The Kier molecular flexibility index (Phi) is 5.27. The van der Waals surface area contributed by atoms with Crippen molar-refractivity contribution in [1.29, 1.82) is 0 Å². The van der Waals surface area contributed by atoms with Gasteiger partial charge in [-0.1, -0.05) is 16.8 Å². The summed E-state index contributed by atoms with van der Waals surface area (Å²) in [5.41, 5.74) is 1.60. The molecule has 116 valence electrons. The maximum absolute atomic E-state index is 11.9. The number of hydrogen-bond donors (Lipinski definition) is 0. The fourth-order valence-electron chi connectivity index (χ4n) is 1.91. The normalized spacial score (nSPS) is 23.9. The lowest BCUT2D eigenvalue weighted by atomic mass is 9.90. The number of halogens is 3. The van der Waals surface area contributed by atoms with Crippen LogP contribution < -0.4 is 0 Å². The highest BCUT2D eigenvalue weighted by Gasteiger charge is 2.37. The van der Waals surface area contributed by atoms with Crippen LogP contribution in [0.2, 0.25) is 5.02 Å². The van der Waals surface area contributed by atoms with Gasteiger partial charge in [0.25, 0.3) is 0 Å². The number of Topliss-reactive ketones (excluding diaryl/α,β-unsaturated/α-hetero) is 1. The lowest BCUT2D eigenvalue weighted by Crippen LogP contribution is -2.38. The quantitative estimate of drug-likeness (QED) is 0.455. The molecule has 1 aromatic rings. The van der Waals surface area contributed by atoms with Crippen molar-refractivity contribution < 1.29 is 14.4 Å². The van der Waals surface area contributed by atoms with Crippen molar-refractivity contribution in [3.8, 4) is 0 Å². The number of oxime groups is 1. The fraction of sp³-hybridized carbons (Fsp3) is 0.267. The summed E-state index contributed by atoms with van der Waals surface area (Å²) in [4.78, 5) is 28.6. The standard InChI is InChI=1S/C15H12Cl3NO3/c1-7-8(2)14(20)12(18)11(17)13(7)19-22-15(21)9-3-5-10(16)6-4-9/h3-6,11-12H,1-2H3/b19-13-. The van der Waals surface area contributed by atoms with Crippen LogP contribution in [0, 0.1) is 0 Å². The first-order chi connectivity index (χ1) is 10.3. The summed E-state index contributed by atoms with van der Waals surface area (Å²) >= 11 is 17.8. The van der Waals surface area contributed by atoms with Crippen LogP contribution in [0.5, 0.6) is 0 Å². The molecule has 0 fully saturated rings. The smallest absolute Gasteiger partial charge is 0.312 e. The van der Waals surface area contributed by atoms with Gasteiger partial charge in [0, 0.05) is 5.02 Å². The molecule has 2 unspecified atom stereocenters. The van der Waals surface area contributed by atoms with Gasteiger partial charge in [-0.3, -0.25) is 4.79 Å². The monoisotopic (exact) mass is 359 g/mol. The number of carbonyl (C=O) groups excluding carboxylic acids is 2. The molecule has 22 heavy (non-hydrogen) atoms. The Balaban J connectivity index is 2.23. The minimum Gasteiger partial charge on any atom is -0.312 e. The van der Waals surface area contributed by atoms with E-state index in [1.165, 1.54) is 12.1 Å². The van der Waals surface area contributed by atoms with Crippen LogP contribution in [-0.2, 0) is 9.63 Å². The van der Waals surface area contributed by atoms with Crippen LogP contribution in [0.4, 0.5) is 0 Å². The SMILES string of the molecule is CC1=C(C)/C(=N/OC(=O)c2ccc(Cl)cc2)C(Cl)C(Cl)C1=O. The highest BCUT2D eigenvalue weighted by atomic mass is 35.5. The van der Waals surface area contributed by atoms with E-state index in [0.717, 1.165) is 0 Å². The summed E-state index contributed by atoms with van der Waals surface area (Å²) in [5.74, 6) is -0.899. The van der Waals surface area contributed by atoms with Gasteiger partial charge in [0.15, 0.2) is 5.78 Å². The van der Waals surface area contributed by atoms with Crippen molar-refractivity contribution >= 4 is 52.3 Å². The van der Waals surface area contributed by atoms with E-state index in [-0.39, 0.29) is 11.5 Å². The highest BCUT2D eigenvalue weighted by molar-refractivity contribution is 6.49. The molecule has 0 N–H and O–H groups in total. The van der Waals surface area contributed by atoms with Crippen LogP contribution in [0.15, 0.2) is 40.6 Å². The van der Waals surface area contributed by atoms with Gasteiger partial charge in [-0.15, -0.1) is 23.2 Å². The maximum Gasteiger partial charge on any atom is 0.365 e. The van der Waals surface area contributed by atoms with Crippen LogP contribution in [0.1, 0.15) is 24.2 Å². The first-order valence-corrected chi connectivity index (χ1v) is 7.63. The number of hydrogen-bond acceptors (Lipinski definition) is 4. The van der Waals surface area contributed by atoms with Crippen LogP contribution in [0.3, 0.4) is 0 Å². The lowest BCUT2D eigenvalue weighted by molar-refractivity contribution is -0.115. The molecule has 2 rings (SSSR count). The van der Waals surface area contributed by atoms with Crippen molar-refractivity contribution in [3.05, 3.63) is 46.0 Å². The van der Waals surface area contributed by atoms with E-state index >= 15 is 0 Å². The Morgan fingerprint density at radius 1 is 1.09 bits per heavy atom. The average Bonchev–Trinajstić information content (AvgIpc) is 2.51. The molecule has 1 aliphatic carbocycles. The van der Waals surface area contributed by atoms with E-state index in [4.69, 9.17) is 39.6 Å². The van der Waals surface area contributed by atoms with E-state index in [1.807, 2.05) is 0 Å². The van der Waals surface area contributed by atoms with E-state index in [0.29, 0.717) is 21.7 Å². The Labute approximate surface area is 142 Å². The molecule has 0 bridgehead atoms. The number of benzene rings is 1. The van der Waals surface area contributed by atoms with Crippen LogP contribution >= 0.6 is 34.8 Å². The van der Waals surface area contributed by atoms with Gasteiger partial charge >= 0.3 is 5.97 Å². The number of ketones is 1. The Morgan fingerprint density at radius 3 is 2.27 bits per heavy atom. The first-order valence-electron chi connectivity index (χ1n) is 6.38. The molecule has 1 aromatic carbocycles. The van der Waals surface area contributed by atoms with Gasteiger partial charge < -0.3 is 4.84 Å². The summed E-state index contributed by atoms with van der Waals surface area (Å²) in [7, 11) is 0. The molecule has 0 aromatic heterocycles. The predicted octanol–water partition coefficient (Wildman–Crippen LogP) is 3.99. The molecule has 0 heterocycles. The molecular formula is C15H12Cl3NO3. The summed E-state index contributed by atoms with van der Waals surface area (Å²) in [6.45, 7) is 3.31. The summed E-state index contributed by atoms with van der Waals surface area (Å²) in [5, 5.41) is 2.51. The molecular weight excluding hydrogens is 349 g/mol. The molecule has 0 saturated carbocycles. The second kappa shape index (κ2) is 6.82. The topological polar surface area (TPSA) is 55.7 Å². The third kappa shape index (κ3) is 3.35. The maximum atomic E-state index is 11.9. The van der Waals surface area contributed by atoms with Gasteiger partial charge in [0.05, 0.1) is 5.56 Å². The van der Waals surface area contributed by atoms with Gasteiger partial charge in [-0.2, -0.15) is 0 Å². The lowest BCUT2D eigenvalue weighted by Gasteiger charge is -2.24. The molecule has 0 aliphatic heterocycles. The number of alkyl halides is 2. The van der Waals surface area contributed by atoms with Gasteiger partial charge in [-0.25, -0.2) is 4.79 Å². The number of carbonyl (C=O) groups is 2. The van der Waals surface area contributed by atoms with Crippen molar-refractivity contribution in [2.45, 2.75) is 24.6 Å². The van der Waals surface area contributed by atoms with Gasteiger partial charge in [0.1, 0.15) is 16.5 Å². The van der Waals surface area contributed by atoms with Crippen LogP contribution in [0.25, 0.3) is 0 Å². The zero-order valence-electron chi connectivity index (χ0n) is 11.8. The number of rotatable bonds is 2. The van der Waals surface area contributed by atoms with Crippen LogP contribution in [-0.4, -0.2) is 28.2 Å². The zero-order valence-corrected chi connectivity index (χ0v) is 14.0. The average molecular weight is 361 g/mol. The molecule has 7 heteroatoms. The summed E-state index contributed by atoms with van der Waals surface area (Å²) in [6, 6.07) is 6.18. The van der Waals surface area contributed by atoms with Crippen molar-refractivity contribution in [2.24, 2.45) is 5.16 Å². The number of nitrogens with zero attached hydrogens (tertiary/aromatic N) is 1. The second-order valence-corrected chi connectivity index (χ2v) is 6.16. The number of allylic oxidation sites excluding steroid dienone is 2. The highest BCUT2D eigenvalue weighted by Crippen LogP contribution is 2.28. The van der Waals surface area contributed by atoms with E-state index < -0.39 is 16.7 Å². The molecule has 2 atom stereocenters. The second-order valence-electron chi connectivity index (χ2n) is 4.78. The molecule has 0 spiro atoms. The molecule has 0 saturated heterocycles. The summed E-state index contributed by atoms with van der Waals surface area (Å²) < 4.78 is 0. The Morgan fingerprint density at radius 2 is 1.68 bits per heavy atom. The Hall–Kier alpha value is -1.36. The summed E-state index contributed by atoms with van der Waals surface area (Å²) in [6.07, 6.45) is 0. The molecule has 4 nitrogen and oxygen atoms in total. The third-order valence-electron chi connectivity index (χ3n) is 3.39. The van der Waals surface area contributed by atoms with Crippen molar-refractivity contribution in [1.82, 2.24) is 0 Å². The molecule has 1 aliphatic rings. The zero-order chi connectivity index (χ0) is 16.4.